The van der Waals surface area contributed by atoms with Crippen LogP contribution in [0.5, 0.6) is 0 Å². The zero-order chi connectivity index (χ0) is 22.4. The highest BCUT2D eigenvalue weighted by Gasteiger charge is 2.25. The molecule has 0 amide bonds. The third kappa shape index (κ3) is 8.56. The molecule has 2 aromatic rings. The molecule has 0 atom stereocenters. The molecule has 1 heterocycles. The molecular weight excluding hydrogens is 392 g/mol. The molecule has 1 saturated carbocycles. The van der Waals surface area contributed by atoms with Crippen LogP contribution in [0.1, 0.15) is 132 Å². The van der Waals surface area contributed by atoms with Crippen molar-refractivity contribution in [2.45, 2.75) is 116 Å². The number of rotatable bonds is 14. The largest absolute Gasteiger partial charge is 0.335 e. The fourth-order valence-corrected chi connectivity index (χ4v) is 4.95. The lowest BCUT2D eigenvalue weighted by Crippen LogP contribution is -2.14. The molecular formula is C29H44N2O. The molecule has 0 bridgehead atoms. The fourth-order valence-electron chi connectivity index (χ4n) is 4.95. The van der Waals surface area contributed by atoms with Crippen LogP contribution in [0, 0.1) is 5.92 Å². The van der Waals surface area contributed by atoms with Gasteiger partial charge in [-0.1, -0.05) is 101 Å². The van der Waals surface area contributed by atoms with Crippen LogP contribution in [0.4, 0.5) is 0 Å². The van der Waals surface area contributed by atoms with Crippen molar-refractivity contribution in [2.75, 3.05) is 0 Å². The second-order valence-electron chi connectivity index (χ2n) is 9.80. The van der Waals surface area contributed by atoms with E-state index in [1.165, 1.54) is 107 Å². The summed E-state index contributed by atoms with van der Waals surface area (Å²) in [4.78, 5) is 4.68. The van der Waals surface area contributed by atoms with Gasteiger partial charge in [-0.25, -0.2) is 0 Å². The average molecular weight is 437 g/mol. The zero-order valence-corrected chi connectivity index (χ0v) is 20.5. The molecule has 1 aromatic carbocycles. The van der Waals surface area contributed by atoms with Crippen LogP contribution >= 0.6 is 0 Å². The van der Waals surface area contributed by atoms with Gasteiger partial charge in [-0.15, -0.1) is 0 Å². The van der Waals surface area contributed by atoms with Crippen LogP contribution in [0.25, 0.3) is 12.2 Å². The molecule has 1 fully saturated rings. The first kappa shape index (κ1) is 24.7. The molecule has 1 aliphatic carbocycles. The quantitative estimate of drug-likeness (QED) is 0.277. The van der Waals surface area contributed by atoms with Gasteiger partial charge >= 0.3 is 0 Å². The Bertz CT molecular complexity index is 769. The first-order valence-corrected chi connectivity index (χ1v) is 13.4. The maximum atomic E-state index is 5.52. The number of hydrogen-bond acceptors (Lipinski definition) is 3. The molecule has 3 heteroatoms. The van der Waals surface area contributed by atoms with Gasteiger partial charge in [0.2, 0.25) is 0 Å². The van der Waals surface area contributed by atoms with Crippen LogP contribution in [-0.2, 0) is 6.42 Å². The molecule has 3 rings (SSSR count). The number of hydrogen-bond donors (Lipinski definition) is 0. The third-order valence-corrected chi connectivity index (χ3v) is 7.10. The van der Waals surface area contributed by atoms with Crippen molar-refractivity contribution in [2.24, 2.45) is 5.92 Å². The predicted octanol–water partition coefficient (Wildman–Crippen LogP) is 9.00. The Labute approximate surface area is 196 Å². The summed E-state index contributed by atoms with van der Waals surface area (Å²) in [7, 11) is 0. The first-order valence-electron chi connectivity index (χ1n) is 13.4. The Hall–Kier alpha value is -1.90. The van der Waals surface area contributed by atoms with Gasteiger partial charge in [0.05, 0.1) is 0 Å². The van der Waals surface area contributed by atoms with Crippen molar-refractivity contribution >= 4 is 12.2 Å². The minimum atomic E-state index is 0.476. The van der Waals surface area contributed by atoms with Gasteiger partial charge in [0.1, 0.15) is 0 Å². The smallest absolute Gasteiger partial charge is 0.250 e. The van der Waals surface area contributed by atoms with Gasteiger partial charge in [-0.05, 0) is 61.6 Å². The Morgan fingerprint density at radius 1 is 0.812 bits per heavy atom. The van der Waals surface area contributed by atoms with Gasteiger partial charge < -0.3 is 4.52 Å². The van der Waals surface area contributed by atoms with Gasteiger partial charge in [0.15, 0.2) is 5.82 Å². The van der Waals surface area contributed by atoms with Crippen LogP contribution in [0.15, 0.2) is 28.8 Å². The summed E-state index contributed by atoms with van der Waals surface area (Å²) in [5, 5.41) is 4.30. The van der Waals surface area contributed by atoms with Crippen LogP contribution in [-0.4, -0.2) is 10.1 Å². The summed E-state index contributed by atoms with van der Waals surface area (Å²) in [5.74, 6) is 2.92. The van der Waals surface area contributed by atoms with Crippen molar-refractivity contribution in [1.29, 1.82) is 0 Å². The van der Waals surface area contributed by atoms with E-state index in [0.29, 0.717) is 11.8 Å². The molecule has 32 heavy (non-hydrogen) atoms. The van der Waals surface area contributed by atoms with E-state index in [0.717, 1.165) is 11.7 Å². The lowest BCUT2D eigenvalue weighted by molar-refractivity contribution is 0.291. The molecule has 0 spiro atoms. The van der Waals surface area contributed by atoms with Crippen LogP contribution in [0.2, 0.25) is 0 Å². The molecule has 1 aromatic heterocycles. The summed E-state index contributed by atoms with van der Waals surface area (Å²) in [6.07, 6.45) is 23.9. The number of nitrogens with zero attached hydrogens (tertiary/aromatic N) is 2. The standard InChI is InChI=1S/C29H44N2O/c1-3-5-7-9-11-13-24-14-16-26(17-15-24)20-23-28-30-29(31-32-28)27-21-18-25(19-22-27)12-10-8-6-4-2/h14-17,20,23,25,27H,3-13,18-19,21-22H2,1-2H3. The van der Waals surface area contributed by atoms with E-state index in [1.807, 2.05) is 6.08 Å². The van der Waals surface area contributed by atoms with Gasteiger partial charge in [0.25, 0.3) is 5.89 Å². The molecule has 0 aliphatic heterocycles. The van der Waals surface area contributed by atoms with Crippen LogP contribution < -0.4 is 0 Å². The van der Waals surface area contributed by atoms with Crippen molar-refractivity contribution in [3.8, 4) is 0 Å². The second-order valence-corrected chi connectivity index (χ2v) is 9.80. The predicted molar refractivity (Wildman–Crippen MR) is 136 cm³/mol. The maximum absolute atomic E-state index is 5.52. The highest BCUT2D eigenvalue weighted by Crippen LogP contribution is 2.36. The monoisotopic (exact) mass is 436 g/mol. The SMILES string of the molecule is CCCCCCCc1ccc(C=Cc2nc(C3CCC(CCCCCC)CC3)no2)cc1. The number of benzene rings is 1. The molecule has 3 nitrogen and oxygen atoms in total. The van der Waals surface area contributed by atoms with Crippen molar-refractivity contribution in [1.82, 2.24) is 10.1 Å². The zero-order valence-electron chi connectivity index (χ0n) is 20.5. The normalized spacial score (nSPS) is 19.1. The lowest BCUT2D eigenvalue weighted by Gasteiger charge is -2.26. The summed E-state index contributed by atoms with van der Waals surface area (Å²) in [6, 6.07) is 8.88. The Kier molecular flexibility index (Phi) is 11.0. The number of unbranched alkanes of at least 4 members (excludes halogenated alkanes) is 7. The Morgan fingerprint density at radius 3 is 2.22 bits per heavy atom. The molecule has 0 unspecified atom stereocenters. The highest BCUT2D eigenvalue weighted by atomic mass is 16.5. The fraction of sp³-hybridized carbons (Fsp3) is 0.655. The van der Waals surface area contributed by atoms with E-state index >= 15 is 0 Å². The van der Waals surface area contributed by atoms with Crippen molar-refractivity contribution < 1.29 is 4.52 Å². The van der Waals surface area contributed by atoms with E-state index in [1.54, 1.807) is 0 Å². The first-order chi connectivity index (χ1) is 15.8. The van der Waals surface area contributed by atoms with Crippen LogP contribution in [0.3, 0.4) is 0 Å². The summed E-state index contributed by atoms with van der Waals surface area (Å²) >= 11 is 0. The summed E-state index contributed by atoms with van der Waals surface area (Å²) in [5.41, 5.74) is 2.61. The molecule has 0 saturated heterocycles. The minimum Gasteiger partial charge on any atom is -0.335 e. The highest BCUT2D eigenvalue weighted by molar-refractivity contribution is 5.66. The Morgan fingerprint density at radius 2 is 1.50 bits per heavy atom. The molecule has 0 N–H and O–H groups in total. The maximum Gasteiger partial charge on any atom is 0.250 e. The molecule has 0 radical (unpaired) electrons. The number of aromatic nitrogens is 2. The van der Waals surface area contributed by atoms with E-state index in [9.17, 15) is 0 Å². The minimum absolute atomic E-state index is 0.476. The van der Waals surface area contributed by atoms with E-state index in [-0.39, 0.29) is 0 Å². The third-order valence-electron chi connectivity index (χ3n) is 7.10. The second kappa shape index (κ2) is 14.3. The van der Waals surface area contributed by atoms with Crippen molar-refractivity contribution in [3.05, 3.63) is 47.1 Å². The van der Waals surface area contributed by atoms with E-state index < -0.39 is 0 Å². The lowest BCUT2D eigenvalue weighted by atomic mass is 9.79. The van der Waals surface area contributed by atoms with Crippen molar-refractivity contribution in [3.63, 3.8) is 0 Å². The van der Waals surface area contributed by atoms with Gasteiger partial charge in [0, 0.05) is 12.0 Å². The van der Waals surface area contributed by atoms with Gasteiger partial charge in [-0.2, -0.15) is 4.98 Å². The number of aryl methyl sites for hydroxylation is 1. The van der Waals surface area contributed by atoms with E-state index in [4.69, 9.17) is 4.52 Å². The summed E-state index contributed by atoms with van der Waals surface area (Å²) in [6.45, 7) is 4.55. The van der Waals surface area contributed by atoms with E-state index in [2.05, 4.69) is 54.3 Å². The molecule has 1 aliphatic rings. The topological polar surface area (TPSA) is 38.9 Å². The summed E-state index contributed by atoms with van der Waals surface area (Å²) < 4.78 is 5.52. The Balaban J connectivity index is 1.40. The van der Waals surface area contributed by atoms with Gasteiger partial charge in [-0.3, -0.25) is 0 Å². The molecule has 176 valence electrons. The average Bonchev–Trinajstić information content (AvgIpc) is 3.31.